The fourth-order valence-corrected chi connectivity index (χ4v) is 4.57. The van der Waals surface area contributed by atoms with E-state index in [1.165, 1.54) is 10.4 Å². The minimum Gasteiger partial charge on any atom is -0.321 e. The monoisotopic (exact) mass is 424 g/mol. The standard InChI is InChI=1S/C18H21BrN2O3S/c1-4-21(5-2)25(23,24)17-12-14(11-10-13(17)3)18(22)20-16-9-7-6-8-15(16)19/h6-12H,4-5H2,1-3H3,(H,20,22). The van der Waals surface area contributed by atoms with Crippen molar-refractivity contribution in [3.8, 4) is 0 Å². The average molecular weight is 425 g/mol. The largest absolute Gasteiger partial charge is 0.321 e. The highest BCUT2D eigenvalue weighted by Gasteiger charge is 2.24. The molecule has 0 radical (unpaired) electrons. The second kappa shape index (κ2) is 8.12. The number of sulfonamides is 1. The van der Waals surface area contributed by atoms with Crippen molar-refractivity contribution in [2.45, 2.75) is 25.7 Å². The third-order valence-corrected chi connectivity index (χ3v) is 6.78. The Kier molecular flexibility index (Phi) is 6.37. The highest BCUT2D eigenvalue weighted by molar-refractivity contribution is 9.10. The lowest BCUT2D eigenvalue weighted by atomic mass is 10.1. The molecule has 0 aromatic heterocycles. The number of hydrogen-bond acceptors (Lipinski definition) is 3. The minimum atomic E-state index is -3.62. The van der Waals surface area contributed by atoms with Crippen molar-refractivity contribution in [1.29, 1.82) is 0 Å². The number of hydrogen-bond donors (Lipinski definition) is 1. The van der Waals surface area contributed by atoms with Gasteiger partial charge in [-0.1, -0.05) is 32.0 Å². The Balaban J connectivity index is 2.39. The molecule has 2 rings (SSSR count). The number of anilines is 1. The van der Waals surface area contributed by atoms with Crippen molar-refractivity contribution < 1.29 is 13.2 Å². The summed E-state index contributed by atoms with van der Waals surface area (Å²) in [5.74, 6) is -0.358. The molecule has 134 valence electrons. The molecular formula is C18H21BrN2O3S. The van der Waals surface area contributed by atoms with Gasteiger partial charge in [-0.15, -0.1) is 0 Å². The molecule has 0 saturated heterocycles. The van der Waals surface area contributed by atoms with Crippen LogP contribution in [0.15, 0.2) is 51.8 Å². The van der Waals surface area contributed by atoms with E-state index >= 15 is 0 Å². The first-order valence-corrected chi connectivity index (χ1v) is 10.2. The average Bonchev–Trinajstić information content (AvgIpc) is 2.58. The first-order chi connectivity index (χ1) is 11.8. The smallest absolute Gasteiger partial charge is 0.255 e. The van der Waals surface area contributed by atoms with Crippen LogP contribution in [0.25, 0.3) is 0 Å². The fraction of sp³-hybridized carbons (Fsp3) is 0.278. The third-order valence-electron chi connectivity index (χ3n) is 3.90. The second-order valence-corrected chi connectivity index (χ2v) is 8.26. The molecule has 1 N–H and O–H groups in total. The zero-order valence-corrected chi connectivity index (χ0v) is 16.8. The Morgan fingerprint density at radius 2 is 1.76 bits per heavy atom. The summed E-state index contributed by atoms with van der Waals surface area (Å²) in [7, 11) is -3.62. The lowest BCUT2D eigenvalue weighted by Gasteiger charge is -2.20. The van der Waals surface area contributed by atoms with Gasteiger partial charge in [-0.3, -0.25) is 4.79 Å². The number of aryl methyl sites for hydroxylation is 1. The van der Waals surface area contributed by atoms with Gasteiger partial charge in [-0.2, -0.15) is 4.31 Å². The number of para-hydroxylation sites is 1. The molecular weight excluding hydrogens is 404 g/mol. The number of carbonyl (C=O) groups is 1. The number of halogens is 1. The normalized spacial score (nSPS) is 11.6. The summed E-state index contributed by atoms with van der Waals surface area (Å²) in [6.45, 7) is 6.07. The van der Waals surface area contributed by atoms with Gasteiger partial charge in [0.15, 0.2) is 0 Å². The van der Waals surface area contributed by atoms with Gasteiger partial charge in [-0.25, -0.2) is 8.42 Å². The van der Waals surface area contributed by atoms with Crippen molar-refractivity contribution in [3.63, 3.8) is 0 Å². The SMILES string of the molecule is CCN(CC)S(=O)(=O)c1cc(C(=O)Nc2ccccc2Br)ccc1C. The van der Waals surface area contributed by atoms with Crippen LogP contribution in [-0.4, -0.2) is 31.7 Å². The van der Waals surface area contributed by atoms with Gasteiger partial charge >= 0.3 is 0 Å². The molecule has 0 saturated carbocycles. The number of carbonyl (C=O) groups excluding carboxylic acids is 1. The van der Waals surface area contributed by atoms with Crippen LogP contribution >= 0.6 is 15.9 Å². The van der Waals surface area contributed by atoms with Gasteiger partial charge in [0.1, 0.15) is 0 Å². The zero-order chi connectivity index (χ0) is 18.6. The van der Waals surface area contributed by atoms with Gasteiger partial charge in [-0.05, 0) is 52.7 Å². The van der Waals surface area contributed by atoms with Crippen molar-refractivity contribution in [3.05, 3.63) is 58.1 Å². The van der Waals surface area contributed by atoms with Crippen LogP contribution in [0.5, 0.6) is 0 Å². The number of amides is 1. The van der Waals surface area contributed by atoms with Crippen LogP contribution in [0.3, 0.4) is 0 Å². The Labute approximate surface area is 157 Å². The Bertz CT molecular complexity index is 878. The molecule has 0 heterocycles. The van der Waals surface area contributed by atoms with E-state index in [1.807, 2.05) is 18.2 Å². The maximum atomic E-state index is 12.8. The highest BCUT2D eigenvalue weighted by Crippen LogP contribution is 2.24. The molecule has 0 fully saturated rings. The summed E-state index contributed by atoms with van der Waals surface area (Å²) in [6.07, 6.45) is 0. The van der Waals surface area contributed by atoms with E-state index in [0.29, 0.717) is 29.9 Å². The lowest BCUT2D eigenvalue weighted by Crippen LogP contribution is -2.31. The van der Waals surface area contributed by atoms with E-state index in [4.69, 9.17) is 0 Å². The van der Waals surface area contributed by atoms with E-state index in [1.54, 1.807) is 39.0 Å². The van der Waals surface area contributed by atoms with E-state index in [-0.39, 0.29) is 10.8 Å². The first-order valence-electron chi connectivity index (χ1n) is 7.98. The van der Waals surface area contributed by atoms with E-state index in [0.717, 1.165) is 4.47 Å². The molecule has 0 spiro atoms. The topological polar surface area (TPSA) is 66.5 Å². The van der Waals surface area contributed by atoms with Crippen LogP contribution in [-0.2, 0) is 10.0 Å². The third kappa shape index (κ3) is 4.29. The zero-order valence-electron chi connectivity index (χ0n) is 14.4. The summed E-state index contributed by atoms with van der Waals surface area (Å²) >= 11 is 3.38. The molecule has 0 aliphatic heterocycles. The second-order valence-electron chi connectivity index (χ2n) is 5.50. The van der Waals surface area contributed by atoms with Crippen molar-refractivity contribution in [2.75, 3.05) is 18.4 Å². The van der Waals surface area contributed by atoms with Crippen LogP contribution in [0.2, 0.25) is 0 Å². The van der Waals surface area contributed by atoms with Crippen LogP contribution < -0.4 is 5.32 Å². The van der Waals surface area contributed by atoms with E-state index in [9.17, 15) is 13.2 Å². The van der Waals surface area contributed by atoms with Crippen molar-refractivity contribution in [2.24, 2.45) is 0 Å². The Morgan fingerprint density at radius 3 is 2.36 bits per heavy atom. The summed E-state index contributed by atoms with van der Waals surface area (Å²) in [6, 6.07) is 12.0. The first kappa shape index (κ1) is 19.6. The maximum absolute atomic E-state index is 12.8. The Hall–Kier alpha value is -1.70. The highest BCUT2D eigenvalue weighted by atomic mass is 79.9. The summed E-state index contributed by atoms with van der Waals surface area (Å²) < 4.78 is 27.7. The molecule has 25 heavy (non-hydrogen) atoms. The van der Waals surface area contributed by atoms with Gasteiger partial charge in [0, 0.05) is 23.1 Å². The van der Waals surface area contributed by atoms with Gasteiger partial charge < -0.3 is 5.32 Å². The van der Waals surface area contributed by atoms with Crippen molar-refractivity contribution >= 4 is 37.5 Å². The predicted molar refractivity (Wildman–Crippen MR) is 103 cm³/mol. The fourth-order valence-electron chi connectivity index (χ4n) is 2.48. The molecule has 0 aliphatic carbocycles. The number of nitrogens with zero attached hydrogens (tertiary/aromatic N) is 1. The molecule has 0 aliphatic rings. The number of rotatable bonds is 6. The van der Waals surface area contributed by atoms with Gasteiger partial charge in [0.25, 0.3) is 5.91 Å². The lowest BCUT2D eigenvalue weighted by molar-refractivity contribution is 0.102. The molecule has 0 bridgehead atoms. The van der Waals surface area contributed by atoms with Crippen LogP contribution in [0.1, 0.15) is 29.8 Å². The number of benzene rings is 2. The van der Waals surface area contributed by atoms with E-state index in [2.05, 4.69) is 21.2 Å². The molecule has 1 amide bonds. The quantitative estimate of drug-likeness (QED) is 0.760. The maximum Gasteiger partial charge on any atom is 0.255 e. The van der Waals surface area contributed by atoms with Gasteiger partial charge in [0.05, 0.1) is 10.6 Å². The van der Waals surface area contributed by atoms with Gasteiger partial charge in [0.2, 0.25) is 10.0 Å². The summed E-state index contributed by atoms with van der Waals surface area (Å²) in [5, 5.41) is 2.79. The Morgan fingerprint density at radius 1 is 1.12 bits per heavy atom. The van der Waals surface area contributed by atoms with Crippen molar-refractivity contribution in [1.82, 2.24) is 4.31 Å². The minimum absolute atomic E-state index is 0.163. The molecule has 2 aromatic rings. The summed E-state index contributed by atoms with van der Waals surface area (Å²) in [4.78, 5) is 12.7. The predicted octanol–water partition coefficient (Wildman–Crippen LogP) is 4.04. The van der Waals surface area contributed by atoms with Crippen LogP contribution in [0.4, 0.5) is 5.69 Å². The molecule has 0 unspecified atom stereocenters. The summed E-state index contributed by atoms with van der Waals surface area (Å²) in [5.41, 5.74) is 1.54. The number of nitrogens with one attached hydrogen (secondary N) is 1. The van der Waals surface area contributed by atoms with E-state index < -0.39 is 10.0 Å². The van der Waals surface area contributed by atoms with Crippen LogP contribution in [0, 0.1) is 6.92 Å². The molecule has 7 heteroatoms. The molecule has 0 atom stereocenters. The molecule has 5 nitrogen and oxygen atoms in total. The molecule has 2 aromatic carbocycles.